The van der Waals surface area contributed by atoms with E-state index in [0.29, 0.717) is 6.04 Å². The molecule has 2 atom stereocenters. The van der Waals surface area contributed by atoms with Crippen LogP contribution in [-0.4, -0.2) is 18.3 Å². The molecule has 1 aromatic rings. The van der Waals surface area contributed by atoms with Gasteiger partial charge < -0.3 is 5.32 Å². The van der Waals surface area contributed by atoms with Crippen molar-refractivity contribution in [2.45, 2.75) is 44.6 Å². The molecular weight excluding hydrogens is 306 g/mol. The van der Waals surface area contributed by atoms with Gasteiger partial charge in [-0.25, -0.2) is 0 Å². The first kappa shape index (κ1) is 16.1. The molecule has 3 heteroatoms. The Morgan fingerprint density at radius 3 is 2.61 bits per heavy atom. The van der Waals surface area contributed by atoms with Gasteiger partial charge in [0.1, 0.15) is 0 Å². The molecule has 1 aromatic carbocycles. The first-order valence-corrected chi connectivity index (χ1v) is 8.57. The molecule has 0 saturated carbocycles. The molecule has 0 aliphatic carbocycles. The van der Waals surface area contributed by atoms with E-state index < -0.39 is 0 Å². The first-order chi connectivity index (χ1) is 8.69. The van der Waals surface area contributed by atoms with Crippen molar-refractivity contribution in [1.29, 1.82) is 0 Å². The van der Waals surface area contributed by atoms with E-state index in [1.807, 2.05) is 11.8 Å². The molecule has 1 rings (SSSR count). The summed E-state index contributed by atoms with van der Waals surface area (Å²) in [7, 11) is 0. The Morgan fingerprint density at radius 2 is 2.00 bits per heavy atom. The van der Waals surface area contributed by atoms with Gasteiger partial charge in [0.05, 0.1) is 0 Å². The van der Waals surface area contributed by atoms with Crippen molar-refractivity contribution in [1.82, 2.24) is 5.32 Å². The van der Waals surface area contributed by atoms with E-state index >= 15 is 0 Å². The molecule has 0 aliphatic heterocycles. The largest absolute Gasteiger partial charge is 0.313 e. The first-order valence-electron chi connectivity index (χ1n) is 6.79. The van der Waals surface area contributed by atoms with Crippen LogP contribution < -0.4 is 5.32 Å². The minimum atomic E-state index is 0.604. The number of nitrogens with one attached hydrogen (secondary N) is 1. The van der Waals surface area contributed by atoms with E-state index in [9.17, 15) is 0 Å². The van der Waals surface area contributed by atoms with Gasteiger partial charge in [-0.15, -0.1) is 11.8 Å². The van der Waals surface area contributed by atoms with E-state index in [-0.39, 0.29) is 0 Å². The Kier molecular flexibility index (Phi) is 8.03. The summed E-state index contributed by atoms with van der Waals surface area (Å²) in [4.78, 5) is 1.34. The highest BCUT2D eigenvalue weighted by molar-refractivity contribution is 9.10. The van der Waals surface area contributed by atoms with Crippen LogP contribution in [0.4, 0.5) is 0 Å². The third-order valence-electron chi connectivity index (χ3n) is 3.24. The number of halogens is 1. The standard InChI is InChI=1S/C15H24BrNS/c1-4-10-17-14(12(3)5-2)11-18-15-9-7-6-8-13(15)16/h6-9,12,14,17H,4-5,10-11H2,1-3H3. The molecule has 0 spiro atoms. The SMILES string of the molecule is CCCNC(CSc1ccccc1Br)C(C)CC. The van der Waals surface area contributed by atoms with Crippen LogP contribution in [0.25, 0.3) is 0 Å². The number of thioether (sulfide) groups is 1. The van der Waals surface area contributed by atoms with Crippen LogP contribution in [0.15, 0.2) is 33.6 Å². The molecule has 0 aromatic heterocycles. The van der Waals surface area contributed by atoms with Gasteiger partial charge in [0.25, 0.3) is 0 Å². The van der Waals surface area contributed by atoms with Crippen molar-refractivity contribution in [2.75, 3.05) is 12.3 Å². The molecule has 102 valence electrons. The monoisotopic (exact) mass is 329 g/mol. The fraction of sp³-hybridized carbons (Fsp3) is 0.600. The molecule has 0 saturated heterocycles. The highest BCUT2D eigenvalue weighted by Crippen LogP contribution is 2.28. The van der Waals surface area contributed by atoms with E-state index in [1.54, 1.807) is 0 Å². The zero-order valence-electron chi connectivity index (χ0n) is 11.6. The lowest BCUT2D eigenvalue weighted by Crippen LogP contribution is -2.37. The normalized spacial score (nSPS) is 14.4. The van der Waals surface area contributed by atoms with Gasteiger partial charge >= 0.3 is 0 Å². The van der Waals surface area contributed by atoms with Gasteiger partial charge in [-0.2, -0.15) is 0 Å². The van der Waals surface area contributed by atoms with Gasteiger partial charge in [-0.3, -0.25) is 0 Å². The second-order valence-electron chi connectivity index (χ2n) is 4.69. The second-order valence-corrected chi connectivity index (χ2v) is 6.60. The minimum Gasteiger partial charge on any atom is -0.313 e. The lowest BCUT2D eigenvalue weighted by Gasteiger charge is -2.24. The maximum Gasteiger partial charge on any atom is 0.0311 e. The lowest BCUT2D eigenvalue weighted by molar-refractivity contribution is 0.397. The van der Waals surface area contributed by atoms with E-state index in [4.69, 9.17) is 0 Å². The van der Waals surface area contributed by atoms with Crippen molar-refractivity contribution in [3.63, 3.8) is 0 Å². The highest BCUT2D eigenvalue weighted by Gasteiger charge is 2.15. The maximum atomic E-state index is 3.67. The number of hydrogen-bond donors (Lipinski definition) is 1. The lowest BCUT2D eigenvalue weighted by atomic mass is 10.0. The van der Waals surface area contributed by atoms with Gasteiger partial charge in [-0.05, 0) is 46.9 Å². The minimum absolute atomic E-state index is 0.604. The molecule has 0 aliphatic rings. The molecule has 1 N–H and O–H groups in total. The van der Waals surface area contributed by atoms with Crippen LogP contribution in [0.5, 0.6) is 0 Å². The second kappa shape index (κ2) is 9.00. The molecule has 0 amide bonds. The molecule has 0 radical (unpaired) electrons. The smallest absolute Gasteiger partial charge is 0.0311 e. The Bertz CT molecular complexity index is 343. The van der Waals surface area contributed by atoms with Crippen molar-refractivity contribution in [2.24, 2.45) is 5.92 Å². The number of rotatable bonds is 8. The number of hydrogen-bond acceptors (Lipinski definition) is 2. The third-order valence-corrected chi connectivity index (χ3v) is 5.39. The van der Waals surface area contributed by atoms with Crippen molar-refractivity contribution >= 4 is 27.7 Å². The molecule has 0 heterocycles. The van der Waals surface area contributed by atoms with Crippen molar-refractivity contribution in [3.05, 3.63) is 28.7 Å². The predicted octanol–water partition coefficient (Wildman–Crippen LogP) is 4.96. The summed E-state index contributed by atoms with van der Waals surface area (Å²) in [6, 6.07) is 9.06. The van der Waals surface area contributed by atoms with Crippen LogP contribution >= 0.6 is 27.7 Å². The van der Waals surface area contributed by atoms with Gasteiger partial charge in [0.15, 0.2) is 0 Å². The van der Waals surface area contributed by atoms with Crippen LogP contribution in [0.1, 0.15) is 33.6 Å². The summed E-state index contributed by atoms with van der Waals surface area (Å²) < 4.78 is 1.20. The van der Waals surface area contributed by atoms with Crippen LogP contribution in [0.3, 0.4) is 0 Å². The zero-order valence-corrected chi connectivity index (χ0v) is 14.0. The topological polar surface area (TPSA) is 12.0 Å². The summed E-state index contributed by atoms with van der Waals surface area (Å²) in [5.41, 5.74) is 0. The summed E-state index contributed by atoms with van der Waals surface area (Å²) in [5, 5.41) is 3.67. The molecule has 0 fully saturated rings. The number of benzene rings is 1. The molecular formula is C15H24BrNS. The van der Waals surface area contributed by atoms with E-state index in [2.05, 4.69) is 66.3 Å². The van der Waals surface area contributed by atoms with Crippen LogP contribution in [0.2, 0.25) is 0 Å². The van der Waals surface area contributed by atoms with Crippen LogP contribution in [0, 0.1) is 5.92 Å². The van der Waals surface area contributed by atoms with E-state index in [0.717, 1.165) is 18.2 Å². The third kappa shape index (κ3) is 5.33. The van der Waals surface area contributed by atoms with Gasteiger partial charge in [-0.1, -0.05) is 39.3 Å². The molecule has 0 bridgehead atoms. The average Bonchev–Trinajstić information content (AvgIpc) is 2.40. The Balaban J connectivity index is 2.53. The summed E-state index contributed by atoms with van der Waals surface area (Å²) in [6.07, 6.45) is 2.44. The quantitative estimate of drug-likeness (QED) is 0.677. The summed E-state index contributed by atoms with van der Waals surface area (Å²) in [6.45, 7) is 7.95. The van der Waals surface area contributed by atoms with Crippen LogP contribution in [-0.2, 0) is 0 Å². The summed E-state index contributed by atoms with van der Waals surface area (Å²) in [5.74, 6) is 1.86. The Labute approximate surface area is 124 Å². The fourth-order valence-corrected chi connectivity index (χ4v) is 3.59. The average molecular weight is 330 g/mol. The fourth-order valence-electron chi connectivity index (χ4n) is 1.78. The van der Waals surface area contributed by atoms with Gasteiger partial charge in [0, 0.05) is 21.2 Å². The zero-order chi connectivity index (χ0) is 13.4. The van der Waals surface area contributed by atoms with Gasteiger partial charge in [0.2, 0.25) is 0 Å². The molecule has 1 nitrogen and oxygen atoms in total. The van der Waals surface area contributed by atoms with Crippen molar-refractivity contribution < 1.29 is 0 Å². The van der Waals surface area contributed by atoms with E-state index in [1.165, 1.54) is 22.2 Å². The highest BCUT2D eigenvalue weighted by atomic mass is 79.9. The van der Waals surface area contributed by atoms with Crippen molar-refractivity contribution in [3.8, 4) is 0 Å². The maximum absolute atomic E-state index is 3.67. The molecule has 18 heavy (non-hydrogen) atoms. The Hall–Kier alpha value is 0.01000. The Morgan fingerprint density at radius 1 is 1.28 bits per heavy atom. The summed E-state index contributed by atoms with van der Waals surface area (Å²) >= 11 is 5.55. The molecule has 2 unspecified atom stereocenters. The predicted molar refractivity (Wildman–Crippen MR) is 86.4 cm³/mol.